The summed E-state index contributed by atoms with van der Waals surface area (Å²) in [4.78, 5) is 11.1. The lowest BCUT2D eigenvalue weighted by Gasteiger charge is -2.06. The van der Waals surface area contributed by atoms with Gasteiger partial charge in [0.25, 0.3) is 0 Å². The van der Waals surface area contributed by atoms with Gasteiger partial charge >= 0.3 is 0 Å². The minimum atomic E-state index is 0.790. The molecule has 4 rings (SSSR count). The van der Waals surface area contributed by atoms with Crippen molar-refractivity contribution in [2.75, 3.05) is 14.2 Å². The Morgan fingerprint density at radius 2 is 1.89 bits per heavy atom. The summed E-state index contributed by atoms with van der Waals surface area (Å²) in [7, 11) is 3.35. The van der Waals surface area contributed by atoms with Crippen LogP contribution in [0.3, 0.4) is 0 Å². The van der Waals surface area contributed by atoms with Gasteiger partial charge in [-0.3, -0.25) is 4.99 Å². The monoisotopic (exact) mass is 359 g/mol. The van der Waals surface area contributed by atoms with Gasteiger partial charge in [-0.05, 0) is 54.0 Å². The van der Waals surface area contributed by atoms with Gasteiger partial charge in [0.15, 0.2) is 0 Å². The van der Waals surface area contributed by atoms with Crippen LogP contribution in [0, 0.1) is 0 Å². The lowest BCUT2D eigenvalue weighted by molar-refractivity contribution is 0.414. The van der Waals surface area contributed by atoms with Crippen LogP contribution < -0.4 is 9.47 Å². The largest absolute Gasteiger partial charge is 0.497 e. The molecule has 0 aliphatic carbocycles. The molecule has 2 N–H and O–H groups in total. The molecule has 1 aliphatic heterocycles. The fourth-order valence-corrected chi connectivity index (χ4v) is 3.13. The van der Waals surface area contributed by atoms with Crippen molar-refractivity contribution in [3.63, 3.8) is 0 Å². The van der Waals surface area contributed by atoms with E-state index in [1.165, 1.54) is 11.1 Å². The number of H-pyrrole nitrogens is 2. The second-order valence-corrected chi connectivity index (χ2v) is 6.27. The summed E-state index contributed by atoms with van der Waals surface area (Å²) in [6, 6.07) is 14.1. The lowest BCUT2D eigenvalue weighted by atomic mass is 10.0. The van der Waals surface area contributed by atoms with Crippen LogP contribution >= 0.6 is 0 Å². The van der Waals surface area contributed by atoms with Gasteiger partial charge < -0.3 is 19.4 Å². The normalized spacial score (nSPS) is 14.6. The average molecular weight is 359 g/mol. The summed E-state index contributed by atoms with van der Waals surface area (Å²) < 4.78 is 10.8. The van der Waals surface area contributed by atoms with Gasteiger partial charge in [0, 0.05) is 18.5 Å². The van der Waals surface area contributed by atoms with E-state index >= 15 is 0 Å². The van der Waals surface area contributed by atoms with Crippen molar-refractivity contribution in [1.29, 1.82) is 0 Å². The lowest BCUT2D eigenvalue weighted by Crippen LogP contribution is -1.92. The highest BCUT2D eigenvalue weighted by Gasteiger charge is 2.14. The number of aliphatic imine (C=N–C) groups is 1. The molecular weight excluding hydrogens is 338 g/mol. The number of allylic oxidation sites excluding steroid dienone is 2. The third-order valence-electron chi connectivity index (χ3n) is 4.57. The van der Waals surface area contributed by atoms with Crippen molar-refractivity contribution in [1.82, 2.24) is 9.97 Å². The van der Waals surface area contributed by atoms with Crippen molar-refractivity contribution in [3.05, 3.63) is 77.3 Å². The van der Waals surface area contributed by atoms with Gasteiger partial charge in [0.05, 0.1) is 37.0 Å². The summed E-state index contributed by atoms with van der Waals surface area (Å²) in [5.74, 6) is 1.65. The minimum Gasteiger partial charge on any atom is -0.497 e. The first-order valence-electron chi connectivity index (χ1n) is 8.76. The molecule has 3 aromatic rings. The maximum Gasteiger partial charge on any atom is 0.144 e. The zero-order chi connectivity index (χ0) is 18.6. The molecule has 0 bridgehead atoms. The Labute approximate surface area is 158 Å². The molecule has 5 heteroatoms. The van der Waals surface area contributed by atoms with E-state index in [0.29, 0.717) is 0 Å². The number of hydrogen-bond donors (Lipinski definition) is 2. The second kappa shape index (κ2) is 7.41. The van der Waals surface area contributed by atoms with E-state index < -0.39 is 0 Å². The zero-order valence-electron chi connectivity index (χ0n) is 15.3. The van der Waals surface area contributed by atoms with Crippen molar-refractivity contribution in [2.24, 2.45) is 4.99 Å². The summed E-state index contributed by atoms with van der Waals surface area (Å²) >= 11 is 0. The molecule has 0 radical (unpaired) electrons. The highest BCUT2D eigenvalue weighted by molar-refractivity contribution is 5.83. The summed E-state index contributed by atoms with van der Waals surface area (Å²) in [5, 5.41) is 0. The molecule has 0 amide bonds. The average Bonchev–Trinajstić information content (AvgIpc) is 3.44. The molecule has 136 valence electrons. The number of benzene rings is 1. The van der Waals surface area contributed by atoms with E-state index in [4.69, 9.17) is 9.47 Å². The Hall–Kier alpha value is -3.47. The number of nitrogens with one attached hydrogen (secondary N) is 2. The van der Waals surface area contributed by atoms with E-state index in [-0.39, 0.29) is 0 Å². The Kier molecular flexibility index (Phi) is 4.66. The fraction of sp³-hybridized carbons (Fsp3) is 0.136. The van der Waals surface area contributed by atoms with Gasteiger partial charge in [0.2, 0.25) is 0 Å². The molecular formula is C22H21N3O2. The molecule has 0 atom stereocenters. The van der Waals surface area contributed by atoms with Gasteiger partial charge in [-0.1, -0.05) is 12.1 Å². The number of rotatable bonds is 6. The van der Waals surface area contributed by atoms with E-state index in [0.717, 1.165) is 40.7 Å². The zero-order valence-corrected chi connectivity index (χ0v) is 15.3. The maximum atomic E-state index is 5.54. The molecule has 0 fully saturated rings. The molecule has 1 aromatic carbocycles. The van der Waals surface area contributed by atoms with Crippen LogP contribution in [-0.2, 0) is 6.42 Å². The highest BCUT2D eigenvalue weighted by atomic mass is 16.5. The van der Waals surface area contributed by atoms with Gasteiger partial charge in [-0.2, -0.15) is 0 Å². The number of ether oxygens (including phenoxy) is 2. The summed E-state index contributed by atoms with van der Waals surface area (Å²) in [6.07, 6.45) is 8.63. The second-order valence-electron chi connectivity index (χ2n) is 6.27. The van der Waals surface area contributed by atoms with E-state index in [1.807, 2.05) is 48.8 Å². The third kappa shape index (κ3) is 3.58. The summed E-state index contributed by atoms with van der Waals surface area (Å²) in [6.45, 7) is 0. The predicted octanol–water partition coefficient (Wildman–Crippen LogP) is 4.62. The molecule has 1 aliphatic rings. The predicted molar refractivity (Wildman–Crippen MR) is 108 cm³/mol. The highest BCUT2D eigenvalue weighted by Crippen LogP contribution is 2.31. The number of nitrogens with zero attached hydrogens (tertiary/aromatic N) is 1. The van der Waals surface area contributed by atoms with Crippen LogP contribution in [0.4, 0.5) is 0 Å². The van der Waals surface area contributed by atoms with Crippen LogP contribution in [0.5, 0.6) is 11.5 Å². The fourth-order valence-electron chi connectivity index (χ4n) is 3.13. The van der Waals surface area contributed by atoms with E-state index in [2.05, 4.69) is 33.2 Å². The Bertz CT molecular complexity index is 1010. The smallest absolute Gasteiger partial charge is 0.144 e. The van der Waals surface area contributed by atoms with Crippen LogP contribution in [0.1, 0.15) is 11.3 Å². The third-order valence-corrected chi connectivity index (χ3v) is 4.57. The van der Waals surface area contributed by atoms with Gasteiger partial charge in [-0.25, -0.2) is 0 Å². The Morgan fingerprint density at radius 3 is 2.59 bits per heavy atom. The van der Waals surface area contributed by atoms with Crippen LogP contribution in [0.2, 0.25) is 0 Å². The molecule has 0 unspecified atom stereocenters. The SMILES string of the molecule is COc1ccc(CC2=CC=N/C2=C\c2[nH]c(-c3ccc[nH]3)cc2OC)cc1. The molecule has 0 spiro atoms. The Balaban J connectivity index is 1.59. The molecule has 5 nitrogen and oxygen atoms in total. The first kappa shape index (κ1) is 17.0. The van der Waals surface area contributed by atoms with Crippen LogP contribution in [0.25, 0.3) is 17.5 Å². The van der Waals surface area contributed by atoms with Crippen molar-refractivity contribution >= 4 is 12.3 Å². The summed E-state index contributed by atoms with van der Waals surface area (Å²) in [5.41, 5.74) is 6.20. The molecule has 2 aromatic heterocycles. The molecule has 3 heterocycles. The molecule has 27 heavy (non-hydrogen) atoms. The number of methoxy groups -OCH3 is 2. The molecule has 0 saturated carbocycles. The molecule has 0 saturated heterocycles. The van der Waals surface area contributed by atoms with E-state index in [9.17, 15) is 0 Å². The quantitative estimate of drug-likeness (QED) is 0.674. The number of aromatic nitrogens is 2. The first-order valence-corrected chi connectivity index (χ1v) is 8.76. The first-order chi connectivity index (χ1) is 13.3. The van der Waals surface area contributed by atoms with Crippen LogP contribution in [-0.4, -0.2) is 30.4 Å². The van der Waals surface area contributed by atoms with Crippen LogP contribution in [0.15, 0.2) is 71.0 Å². The minimum absolute atomic E-state index is 0.790. The van der Waals surface area contributed by atoms with Gasteiger partial charge in [-0.15, -0.1) is 0 Å². The maximum absolute atomic E-state index is 5.54. The topological polar surface area (TPSA) is 62.4 Å². The van der Waals surface area contributed by atoms with E-state index in [1.54, 1.807) is 14.2 Å². The van der Waals surface area contributed by atoms with Crippen molar-refractivity contribution in [3.8, 4) is 22.9 Å². The number of aromatic amines is 2. The van der Waals surface area contributed by atoms with Crippen molar-refractivity contribution < 1.29 is 9.47 Å². The standard InChI is InChI=1S/C22H21N3O2/c1-26-17-7-5-15(6-8-17)12-16-9-11-24-19(16)13-21-22(27-2)14-20(25-21)18-4-3-10-23-18/h3-11,13-14,23,25H,12H2,1-2H3/b19-13-. The Morgan fingerprint density at radius 1 is 1.04 bits per heavy atom. The van der Waals surface area contributed by atoms with Gasteiger partial charge in [0.1, 0.15) is 11.5 Å². The number of hydrogen-bond acceptors (Lipinski definition) is 3. The van der Waals surface area contributed by atoms with Crippen molar-refractivity contribution in [2.45, 2.75) is 6.42 Å².